The molecule has 4 nitrogen and oxygen atoms in total. The first-order valence-electron chi connectivity index (χ1n) is 7.64. The molecule has 0 radical (unpaired) electrons. The third-order valence-electron chi connectivity index (χ3n) is 4.12. The molecular formula is C17H21N3OS. The molecule has 1 aliphatic rings. The van der Waals surface area contributed by atoms with Crippen molar-refractivity contribution in [3.8, 4) is 0 Å². The number of aryl methyl sites for hydroxylation is 2. The number of thioether (sulfide) groups is 1. The van der Waals surface area contributed by atoms with Crippen molar-refractivity contribution in [1.82, 2.24) is 14.8 Å². The molecule has 0 spiro atoms. The van der Waals surface area contributed by atoms with Gasteiger partial charge in [-0.2, -0.15) is 0 Å². The number of hydrogen-bond donors (Lipinski definition) is 0. The van der Waals surface area contributed by atoms with E-state index < -0.39 is 0 Å². The molecule has 0 saturated heterocycles. The third kappa shape index (κ3) is 2.95. The summed E-state index contributed by atoms with van der Waals surface area (Å²) < 4.78 is 2.04. The molecule has 1 aromatic heterocycles. The first-order chi connectivity index (χ1) is 10.5. The fourth-order valence-corrected chi connectivity index (χ4v) is 3.45. The third-order valence-corrected chi connectivity index (χ3v) is 5.25. The monoisotopic (exact) mass is 315 g/mol. The molecule has 1 saturated carbocycles. The molecule has 1 fully saturated rings. The van der Waals surface area contributed by atoms with Gasteiger partial charge in [0.1, 0.15) is 5.82 Å². The summed E-state index contributed by atoms with van der Waals surface area (Å²) in [4.78, 5) is 12.7. The molecule has 22 heavy (non-hydrogen) atoms. The Balaban J connectivity index is 1.77. The van der Waals surface area contributed by atoms with E-state index in [0.29, 0.717) is 5.92 Å². The van der Waals surface area contributed by atoms with Gasteiger partial charge in [-0.05, 0) is 45.2 Å². The van der Waals surface area contributed by atoms with Gasteiger partial charge in [-0.3, -0.25) is 4.79 Å². The van der Waals surface area contributed by atoms with Crippen molar-refractivity contribution < 1.29 is 4.79 Å². The van der Waals surface area contributed by atoms with E-state index in [-0.39, 0.29) is 11.0 Å². The Morgan fingerprint density at radius 1 is 1.32 bits per heavy atom. The Kier molecular flexibility index (Phi) is 4.08. The van der Waals surface area contributed by atoms with Crippen LogP contribution in [0.15, 0.2) is 23.4 Å². The summed E-state index contributed by atoms with van der Waals surface area (Å²) in [7, 11) is 1.99. The highest BCUT2D eigenvalue weighted by Crippen LogP contribution is 2.40. The fourth-order valence-electron chi connectivity index (χ4n) is 2.56. The Hall–Kier alpha value is -1.62. The summed E-state index contributed by atoms with van der Waals surface area (Å²) in [6, 6.07) is 6.02. The number of Topliss-reactive ketones (excluding diaryl/α,β-unsaturated/α-hetero) is 1. The van der Waals surface area contributed by atoms with Crippen LogP contribution in [0.4, 0.5) is 0 Å². The largest absolute Gasteiger partial charge is 0.309 e. The van der Waals surface area contributed by atoms with Gasteiger partial charge in [0.05, 0.1) is 5.25 Å². The Morgan fingerprint density at radius 2 is 2.05 bits per heavy atom. The SMILES string of the molecule is Cc1ccc(C)c(C(=O)[C@H](C)Sc2nnc(C3CC3)n2C)c1. The topological polar surface area (TPSA) is 47.8 Å². The molecule has 1 aliphatic carbocycles. The number of aromatic nitrogens is 3. The van der Waals surface area contributed by atoms with Gasteiger partial charge in [0.15, 0.2) is 10.9 Å². The smallest absolute Gasteiger partial charge is 0.191 e. The standard InChI is InChI=1S/C17H21N3OS/c1-10-5-6-11(2)14(9-10)15(21)12(3)22-17-19-18-16(20(17)4)13-7-8-13/h5-6,9,12-13H,7-8H2,1-4H3/t12-/m0/s1. The van der Waals surface area contributed by atoms with Gasteiger partial charge in [-0.1, -0.05) is 29.5 Å². The van der Waals surface area contributed by atoms with Crippen LogP contribution in [0.2, 0.25) is 0 Å². The second-order valence-corrected chi connectivity index (χ2v) is 7.42. The number of ketones is 1. The maximum Gasteiger partial charge on any atom is 0.191 e. The molecular weight excluding hydrogens is 294 g/mol. The average molecular weight is 315 g/mol. The molecule has 1 heterocycles. The van der Waals surface area contributed by atoms with E-state index in [9.17, 15) is 4.79 Å². The van der Waals surface area contributed by atoms with Gasteiger partial charge in [0, 0.05) is 18.5 Å². The summed E-state index contributed by atoms with van der Waals surface area (Å²) in [6.45, 7) is 5.94. The summed E-state index contributed by atoms with van der Waals surface area (Å²) in [5.74, 6) is 1.77. The molecule has 0 aliphatic heterocycles. The van der Waals surface area contributed by atoms with Gasteiger partial charge in [0.25, 0.3) is 0 Å². The molecule has 3 rings (SSSR count). The second kappa shape index (κ2) is 5.88. The van der Waals surface area contributed by atoms with E-state index in [1.54, 1.807) is 0 Å². The Labute approximate surface area is 135 Å². The van der Waals surface area contributed by atoms with E-state index in [1.165, 1.54) is 24.6 Å². The van der Waals surface area contributed by atoms with Crippen LogP contribution in [0.3, 0.4) is 0 Å². The highest BCUT2D eigenvalue weighted by atomic mass is 32.2. The van der Waals surface area contributed by atoms with Crippen molar-refractivity contribution in [3.05, 3.63) is 40.7 Å². The summed E-state index contributed by atoms with van der Waals surface area (Å²) in [5.41, 5.74) is 2.95. The molecule has 1 atom stereocenters. The van der Waals surface area contributed by atoms with E-state index in [0.717, 1.165) is 27.7 Å². The molecule has 116 valence electrons. The van der Waals surface area contributed by atoms with Gasteiger partial charge >= 0.3 is 0 Å². The lowest BCUT2D eigenvalue weighted by atomic mass is 10.0. The predicted octanol–water partition coefficient (Wildman–Crippen LogP) is 3.67. The van der Waals surface area contributed by atoms with Crippen LogP contribution >= 0.6 is 11.8 Å². The summed E-state index contributed by atoms with van der Waals surface area (Å²) >= 11 is 1.49. The minimum atomic E-state index is -0.171. The van der Waals surface area contributed by atoms with Crippen molar-refractivity contribution >= 4 is 17.5 Å². The zero-order valence-corrected chi connectivity index (χ0v) is 14.3. The van der Waals surface area contributed by atoms with Crippen LogP contribution in [0.5, 0.6) is 0 Å². The van der Waals surface area contributed by atoms with Crippen molar-refractivity contribution in [2.45, 2.75) is 49.9 Å². The van der Waals surface area contributed by atoms with Crippen LogP contribution < -0.4 is 0 Å². The number of carbonyl (C=O) groups excluding carboxylic acids is 1. The first kappa shape index (κ1) is 15.3. The lowest BCUT2D eigenvalue weighted by Gasteiger charge is -2.12. The van der Waals surface area contributed by atoms with E-state index in [1.807, 2.05) is 50.6 Å². The van der Waals surface area contributed by atoms with Crippen molar-refractivity contribution in [2.75, 3.05) is 0 Å². The van der Waals surface area contributed by atoms with Gasteiger partial charge in [-0.25, -0.2) is 0 Å². The highest BCUT2D eigenvalue weighted by molar-refractivity contribution is 8.00. The predicted molar refractivity (Wildman–Crippen MR) is 88.5 cm³/mol. The normalized spacial score (nSPS) is 15.8. The molecule has 0 unspecified atom stereocenters. The molecule has 0 N–H and O–H groups in total. The maximum absolute atomic E-state index is 12.7. The zero-order chi connectivity index (χ0) is 15.9. The zero-order valence-electron chi connectivity index (χ0n) is 13.5. The van der Waals surface area contributed by atoms with Crippen LogP contribution in [-0.4, -0.2) is 25.8 Å². The van der Waals surface area contributed by atoms with Crippen molar-refractivity contribution in [1.29, 1.82) is 0 Å². The number of nitrogens with zero attached hydrogens (tertiary/aromatic N) is 3. The van der Waals surface area contributed by atoms with Gasteiger partial charge < -0.3 is 4.57 Å². The number of hydrogen-bond acceptors (Lipinski definition) is 4. The number of rotatable bonds is 5. The first-order valence-corrected chi connectivity index (χ1v) is 8.52. The molecule has 0 amide bonds. The van der Waals surface area contributed by atoms with Crippen molar-refractivity contribution in [2.24, 2.45) is 7.05 Å². The number of carbonyl (C=O) groups is 1. The fraction of sp³-hybridized carbons (Fsp3) is 0.471. The lowest BCUT2D eigenvalue weighted by molar-refractivity contribution is 0.0993. The van der Waals surface area contributed by atoms with E-state index in [2.05, 4.69) is 10.2 Å². The maximum atomic E-state index is 12.7. The molecule has 0 bridgehead atoms. The molecule has 1 aromatic carbocycles. The van der Waals surface area contributed by atoms with E-state index >= 15 is 0 Å². The van der Waals surface area contributed by atoms with Crippen LogP contribution in [0.1, 0.15) is 53.0 Å². The quantitative estimate of drug-likeness (QED) is 0.624. The molecule has 2 aromatic rings. The number of benzene rings is 1. The minimum absolute atomic E-state index is 0.155. The second-order valence-electron chi connectivity index (χ2n) is 6.12. The Morgan fingerprint density at radius 3 is 2.73 bits per heavy atom. The van der Waals surface area contributed by atoms with Gasteiger partial charge in [-0.15, -0.1) is 10.2 Å². The minimum Gasteiger partial charge on any atom is -0.309 e. The van der Waals surface area contributed by atoms with Crippen LogP contribution in [0.25, 0.3) is 0 Å². The Bertz CT molecular complexity index is 719. The van der Waals surface area contributed by atoms with E-state index in [4.69, 9.17) is 0 Å². The van der Waals surface area contributed by atoms with Crippen LogP contribution in [-0.2, 0) is 7.05 Å². The van der Waals surface area contributed by atoms with Crippen molar-refractivity contribution in [3.63, 3.8) is 0 Å². The summed E-state index contributed by atoms with van der Waals surface area (Å²) in [5, 5.41) is 9.19. The average Bonchev–Trinajstić information content (AvgIpc) is 3.27. The summed E-state index contributed by atoms with van der Waals surface area (Å²) in [6.07, 6.45) is 2.40. The van der Waals surface area contributed by atoms with Crippen LogP contribution in [0, 0.1) is 13.8 Å². The lowest BCUT2D eigenvalue weighted by Crippen LogP contribution is -2.16. The molecule has 5 heteroatoms. The highest BCUT2D eigenvalue weighted by Gasteiger charge is 2.30. The van der Waals surface area contributed by atoms with Gasteiger partial charge in [0.2, 0.25) is 0 Å².